The average molecular weight is 202 g/mol. The van der Waals surface area contributed by atoms with Crippen LogP contribution in [0, 0.1) is 0 Å². The fourth-order valence-electron chi connectivity index (χ4n) is 0.891. The van der Waals surface area contributed by atoms with Crippen LogP contribution in [0.15, 0.2) is 0 Å². The maximum atomic E-state index is 11.2. The molecule has 0 aromatic carbocycles. The fourth-order valence-corrected chi connectivity index (χ4v) is 0.891. The summed E-state index contributed by atoms with van der Waals surface area (Å²) in [6.45, 7) is 5.59. The third-order valence-electron chi connectivity index (χ3n) is 1.51. The molecule has 0 heterocycles. The van der Waals surface area contributed by atoms with Crippen molar-refractivity contribution in [2.45, 2.75) is 45.2 Å². The Morgan fingerprint density at radius 1 is 1.43 bits per heavy atom. The average Bonchev–Trinajstić information content (AvgIpc) is 1.96. The van der Waals surface area contributed by atoms with Crippen molar-refractivity contribution in [2.75, 3.05) is 0 Å². The molecule has 1 amide bonds. The van der Waals surface area contributed by atoms with Crippen LogP contribution in [0.4, 0.5) is 0 Å². The van der Waals surface area contributed by atoms with Gasteiger partial charge in [0.05, 0.1) is 0 Å². The topological polar surface area (TPSA) is 92.4 Å². The van der Waals surface area contributed by atoms with E-state index < -0.39 is 12.0 Å². The fraction of sp³-hybridized carbons (Fsp3) is 0.778. The molecule has 0 saturated carbocycles. The molecule has 0 aliphatic rings. The van der Waals surface area contributed by atoms with E-state index in [1.54, 1.807) is 0 Å². The summed E-state index contributed by atoms with van der Waals surface area (Å²) in [5.74, 6) is -1.25. The van der Waals surface area contributed by atoms with E-state index >= 15 is 0 Å². The largest absolute Gasteiger partial charge is 0.480 e. The van der Waals surface area contributed by atoms with Crippen molar-refractivity contribution in [3.63, 3.8) is 0 Å². The Balaban J connectivity index is 3.81. The Hall–Kier alpha value is -1.10. The van der Waals surface area contributed by atoms with E-state index in [0.717, 1.165) is 0 Å². The van der Waals surface area contributed by atoms with Crippen molar-refractivity contribution < 1.29 is 14.7 Å². The molecule has 14 heavy (non-hydrogen) atoms. The van der Waals surface area contributed by atoms with E-state index in [1.165, 1.54) is 0 Å². The Labute approximate surface area is 83.7 Å². The molecule has 0 aliphatic heterocycles. The summed E-state index contributed by atoms with van der Waals surface area (Å²) in [6, 6.07) is -0.958. The van der Waals surface area contributed by atoms with Gasteiger partial charge >= 0.3 is 5.97 Å². The lowest BCUT2D eigenvalue weighted by Crippen LogP contribution is -2.41. The van der Waals surface area contributed by atoms with Gasteiger partial charge in [0.15, 0.2) is 0 Å². The number of nitrogens with one attached hydrogen (secondary N) is 1. The maximum absolute atomic E-state index is 11.2. The van der Waals surface area contributed by atoms with Gasteiger partial charge in [-0.15, -0.1) is 0 Å². The number of hydrogen-bond donors (Lipinski definition) is 3. The smallest absolute Gasteiger partial charge is 0.320 e. The van der Waals surface area contributed by atoms with Gasteiger partial charge in [0.1, 0.15) is 6.04 Å². The molecule has 0 saturated heterocycles. The van der Waals surface area contributed by atoms with Gasteiger partial charge < -0.3 is 16.2 Å². The predicted molar refractivity (Wildman–Crippen MR) is 52.7 cm³/mol. The summed E-state index contributed by atoms with van der Waals surface area (Å²) < 4.78 is 0. The lowest BCUT2D eigenvalue weighted by atomic mass is 10.1. The van der Waals surface area contributed by atoms with Crippen molar-refractivity contribution in [1.82, 2.24) is 5.32 Å². The molecule has 4 N–H and O–H groups in total. The normalized spacial score (nSPS) is 13.4. The number of carboxylic acid groups (broad SMARTS) is 1. The molecule has 0 aliphatic carbocycles. The first kappa shape index (κ1) is 12.9. The number of amides is 1. The number of nitrogens with two attached hydrogens (primary N) is 1. The Morgan fingerprint density at radius 2 is 1.93 bits per heavy atom. The van der Waals surface area contributed by atoms with Crippen LogP contribution in [0.2, 0.25) is 0 Å². The Morgan fingerprint density at radius 3 is 2.29 bits per heavy atom. The number of hydrogen-bond acceptors (Lipinski definition) is 3. The molecule has 0 bridgehead atoms. The number of rotatable bonds is 4. The molecule has 0 radical (unpaired) electrons. The quantitative estimate of drug-likeness (QED) is 0.602. The zero-order valence-corrected chi connectivity index (χ0v) is 8.83. The molecule has 82 valence electrons. The SMILES string of the molecule is CC(C)(C)NC(=O)CCC(N)C(=O)O. The highest BCUT2D eigenvalue weighted by molar-refractivity contribution is 5.78. The second kappa shape index (κ2) is 4.95. The van der Waals surface area contributed by atoms with Crippen LogP contribution >= 0.6 is 0 Å². The lowest BCUT2D eigenvalue weighted by molar-refractivity contribution is -0.138. The highest BCUT2D eigenvalue weighted by atomic mass is 16.4. The number of aliphatic carboxylic acids is 1. The number of carbonyl (C=O) groups is 2. The Kier molecular flexibility index (Phi) is 4.56. The van der Waals surface area contributed by atoms with E-state index in [1.807, 2.05) is 20.8 Å². The van der Waals surface area contributed by atoms with E-state index in [-0.39, 0.29) is 24.3 Å². The van der Waals surface area contributed by atoms with Gasteiger partial charge in [-0.25, -0.2) is 0 Å². The van der Waals surface area contributed by atoms with Crippen molar-refractivity contribution in [3.05, 3.63) is 0 Å². The van der Waals surface area contributed by atoms with Crippen LogP contribution in [0.1, 0.15) is 33.6 Å². The highest BCUT2D eigenvalue weighted by Crippen LogP contribution is 2.01. The van der Waals surface area contributed by atoms with Crippen LogP contribution in [-0.2, 0) is 9.59 Å². The van der Waals surface area contributed by atoms with E-state index in [9.17, 15) is 9.59 Å². The molecule has 1 atom stereocenters. The van der Waals surface area contributed by atoms with Crippen molar-refractivity contribution in [3.8, 4) is 0 Å². The van der Waals surface area contributed by atoms with Crippen LogP contribution in [-0.4, -0.2) is 28.6 Å². The van der Waals surface area contributed by atoms with Crippen LogP contribution < -0.4 is 11.1 Å². The van der Waals surface area contributed by atoms with Gasteiger partial charge in [-0.2, -0.15) is 0 Å². The van der Waals surface area contributed by atoms with Gasteiger partial charge in [-0.1, -0.05) is 0 Å². The zero-order chi connectivity index (χ0) is 11.4. The minimum atomic E-state index is -1.08. The van der Waals surface area contributed by atoms with Gasteiger partial charge in [0, 0.05) is 12.0 Å². The first-order valence-corrected chi connectivity index (χ1v) is 4.52. The van der Waals surface area contributed by atoms with Crippen LogP contribution in [0.3, 0.4) is 0 Å². The highest BCUT2D eigenvalue weighted by Gasteiger charge is 2.16. The molecular formula is C9H18N2O3. The summed E-state index contributed by atoms with van der Waals surface area (Å²) in [5, 5.41) is 11.2. The molecule has 1 unspecified atom stereocenters. The number of carboxylic acids is 1. The van der Waals surface area contributed by atoms with Crippen molar-refractivity contribution in [2.24, 2.45) is 5.73 Å². The number of carbonyl (C=O) groups excluding carboxylic acids is 1. The summed E-state index contributed by atoms with van der Waals surface area (Å²) in [5.41, 5.74) is 4.96. The lowest BCUT2D eigenvalue weighted by Gasteiger charge is -2.20. The molecule has 5 nitrogen and oxygen atoms in total. The summed E-state index contributed by atoms with van der Waals surface area (Å²) >= 11 is 0. The van der Waals surface area contributed by atoms with Crippen LogP contribution in [0.5, 0.6) is 0 Å². The van der Waals surface area contributed by atoms with Gasteiger partial charge in [-0.05, 0) is 27.2 Å². The van der Waals surface area contributed by atoms with Crippen molar-refractivity contribution in [1.29, 1.82) is 0 Å². The molecule has 0 fully saturated rings. The molecule has 0 rings (SSSR count). The third-order valence-corrected chi connectivity index (χ3v) is 1.51. The second-order valence-electron chi connectivity index (χ2n) is 4.28. The van der Waals surface area contributed by atoms with Gasteiger partial charge in [0.25, 0.3) is 0 Å². The first-order chi connectivity index (χ1) is 6.22. The Bertz CT molecular complexity index is 221. The molecule has 0 spiro atoms. The van der Waals surface area contributed by atoms with E-state index in [4.69, 9.17) is 10.8 Å². The zero-order valence-electron chi connectivity index (χ0n) is 8.83. The summed E-state index contributed by atoms with van der Waals surface area (Å²) in [7, 11) is 0. The maximum Gasteiger partial charge on any atom is 0.320 e. The van der Waals surface area contributed by atoms with Gasteiger partial charge in [0.2, 0.25) is 5.91 Å². The standard InChI is InChI=1S/C9H18N2O3/c1-9(2,3)11-7(12)5-4-6(10)8(13)14/h6H,4-5,10H2,1-3H3,(H,11,12)(H,13,14). The van der Waals surface area contributed by atoms with E-state index in [2.05, 4.69) is 5.32 Å². The van der Waals surface area contributed by atoms with E-state index in [0.29, 0.717) is 0 Å². The summed E-state index contributed by atoms with van der Waals surface area (Å²) in [4.78, 5) is 21.6. The third kappa shape index (κ3) is 6.42. The molecule has 0 aromatic heterocycles. The monoisotopic (exact) mass is 202 g/mol. The minimum Gasteiger partial charge on any atom is -0.480 e. The molecular weight excluding hydrogens is 184 g/mol. The predicted octanol–water partition coefficient (Wildman–Crippen LogP) is 0.0932. The van der Waals surface area contributed by atoms with Gasteiger partial charge in [-0.3, -0.25) is 9.59 Å². The first-order valence-electron chi connectivity index (χ1n) is 4.52. The minimum absolute atomic E-state index is 0.144. The molecule has 0 aromatic rings. The molecule has 5 heteroatoms. The summed E-state index contributed by atoms with van der Waals surface area (Å²) in [6.07, 6.45) is 0.308. The van der Waals surface area contributed by atoms with Crippen molar-refractivity contribution >= 4 is 11.9 Å². The van der Waals surface area contributed by atoms with Crippen LogP contribution in [0.25, 0.3) is 0 Å². The second-order valence-corrected chi connectivity index (χ2v) is 4.28.